The number of aryl methyl sites for hydroxylation is 1. The molecule has 13 aromatic rings. The van der Waals surface area contributed by atoms with Crippen LogP contribution >= 0.6 is 0 Å². The van der Waals surface area contributed by atoms with Crippen molar-refractivity contribution < 1.29 is 0 Å². The van der Waals surface area contributed by atoms with Crippen molar-refractivity contribution in [3.63, 3.8) is 0 Å². The highest BCUT2D eigenvalue weighted by Crippen LogP contribution is 2.64. The Morgan fingerprint density at radius 2 is 0.955 bits per heavy atom. The van der Waals surface area contributed by atoms with E-state index in [9.17, 15) is 0 Å². The van der Waals surface area contributed by atoms with Crippen LogP contribution in [-0.4, -0.2) is 9.13 Å². The fraction of sp³-hybridized carbons (Fsp3) is 0.0312. The lowest BCUT2D eigenvalue weighted by molar-refractivity contribution is 0.749. The van der Waals surface area contributed by atoms with E-state index in [1.807, 2.05) is 0 Å². The predicted molar refractivity (Wildman–Crippen MR) is 280 cm³/mol. The van der Waals surface area contributed by atoms with Crippen LogP contribution in [-0.2, 0) is 5.41 Å². The number of para-hydroxylation sites is 5. The number of hydrogen-bond donors (Lipinski definition) is 0. The molecule has 3 heteroatoms. The Kier molecular flexibility index (Phi) is 7.36. The molecule has 0 saturated carbocycles. The van der Waals surface area contributed by atoms with Gasteiger partial charge in [0.15, 0.2) is 0 Å². The van der Waals surface area contributed by atoms with Gasteiger partial charge in [0.05, 0.1) is 38.9 Å². The van der Waals surface area contributed by atoms with Gasteiger partial charge in [-0.05, 0) is 123 Å². The number of benzene rings is 11. The van der Waals surface area contributed by atoms with Crippen LogP contribution in [0.25, 0.3) is 87.7 Å². The van der Waals surface area contributed by atoms with E-state index in [0.29, 0.717) is 0 Å². The SMILES string of the molecule is Cc1ccc(N(c2ccc3c(c2)c2ccccc2n3-c2ccccc2)c2cc3c(c4ccccc24)-c2c(ccc4ccccc24)C32c3ccccc3-n3c4ccccc4c4cccc2c43)cc1. The molecule has 312 valence electrons. The van der Waals surface area contributed by atoms with Gasteiger partial charge in [0.25, 0.3) is 0 Å². The molecule has 1 aliphatic carbocycles. The quantitative estimate of drug-likeness (QED) is 0.172. The number of hydrogen-bond acceptors (Lipinski definition) is 1. The van der Waals surface area contributed by atoms with Gasteiger partial charge < -0.3 is 14.0 Å². The molecule has 3 nitrogen and oxygen atoms in total. The van der Waals surface area contributed by atoms with Crippen molar-refractivity contribution >= 4 is 82.2 Å². The molecule has 1 atom stereocenters. The summed E-state index contributed by atoms with van der Waals surface area (Å²) in [5.74, 6) is 0. The zero-order chi connectivity index (χ0) is 44.0. The van der Waals surface area contributed by atoms with Gasteiger partial charge in [0, 0.05) is 44.0 Å². The highest BCUT2D eigenvalue weighted by atomic mass is 15.1. The Morgan fingerprint density at radius 1 is 0.358 bits per heavy atom. The van der Waals surface area contributed by atoms with Crippen molar-refractivity contribution in [2.45, 2.75) is 12.3 Å². The fourth-order valence-electron chi connectivity index (χ4n) is 12.5. The Bertz CT molecular complexity index is 4230. The van der Waals surface area contributed by atoms with E-state index in [-0.39, 0.29) is 0 Å². The summed E-state index contributed by atoms with van der Waals surface area (Å²) >= 11 is 0. The van der Waals surface area contributed by atoms with Crippen LogP contribution in [0.2, 0.25) is 0 Å². The van der Waals surface area contributed by atoms with Crippen molar-refractivity contribution in [3.05, 3.63) is 258 Å². The van der Waals surface area contributed by atoms with Gasteiger partial charge in [-0.1, -0.05) is 169 Å². The third-order valence-electron chi connectivity index (χ3n) is 15.1. The molecule has 0 saturated heterocycles. The summed E-state index contributed by atoms with van der Waals surface area (Å²) in [7, 11) is 0. The van der Waals surface area contributed by atoms with Gasteiger partial charge in [-0.2, -0.15) is 0 Å². The fourth-order valence-corrected chi connectivity index (χ4v) is 12.5. The number of fused-ring (bicyclic) bond motifs is 19. The van der Waals surface area contributed by atoms with Crippen LogP contribution in [0.3, 0.4) is 0 Å². The molecule has 0 fully saturated rings. The molecule has 1 spiro atoms. The lowest BCUT2D eigenvalue weighted by Gasteiger charge is -2.40. The van der Waals surface area contributed by atoms with Gasteiger partial charge >= 0.3 is 0 Å². The Hall–Kier alpha value is -8.66. The third kappa shape index (κ3) is 4.75. The number of nitrogens with zero attached hydrogens (tertiary/aromatic N) is 3. The molecule has 0 radical (unpaired) electrons. The molecular formula is C64H41N3. The molecule has 67 heavy (non-hydrogen) atoms. The molecule has 15 rings (SSSR count). The van der Waals surface area contributed by atoms with Gasteiger partial charge in [0.2, 0.25) is 0 Å². The van der Waals surface area contributed by atoms with Gasteiger partial charge in [-0.3, -0.25) is 0 Å². The molecule has 0 amide bonds. The van der Waals surface area contributed by atoms with Crippen molar-refractivity contribution in [2.24, 2.45) is 0 Å². The zero-order valence-corrected chi connectivity index (χ0v) is 36.8. The molecule has 0 bridgehead atoms. The maximum atomic E-state index is 2.58. The molecule has 11 aromatic carbocycles. The van der Waals surface area contributed by atoms with E-state index in [1.165, 1.54) is 110 Å². The van der Waals surface area contributed by atoms with E-state index < -0.39 is 5.41 Å². The summed E-state index contributed by atoms with van der Waals surface area (Å²) in [6.45, 7) is 2.18. The summed E-state index contributed by atoms with van der Waals surface area (Å²) in [5.41, 5.74) is 19.1. The largest absolute Gasteiger partial charge is 0.310 e. The highest BCUT2D eigenvalue weighted by molar-refractivity contribution is 6.19. The van der Waals surface area contributed by atoms with E-state index >= 15 is 0 Å². The summed E-state index contributed by atoms with van der Waals surface area (Å²) in [5, 5.41) is 9.99. The number of rotatable bonds is 4. The van der Waals surface area contributed by atoms with Gasteiger partial charge in [0.1, 0.15) is 0 Å². The summed E-state index contributed by atoms with van der Waals surface area (Å²) < 4.78 is 4.95. The first-order chi connectivity index (χ1) is 33.2. The summed E-state index contributed by atoms with van der Waals surface area (Å²) in [4.78, 5) is 2.53. The minimum absolute atomic E-state index is 0.639. The summed E-state index contributed by atoms with van der Waals surface area (Å²) in [6.07, 6.45) is 0. The standard InChI is InChI=1S/C64H41N3/c1-40-30-33-43(34-31-40)65(44-35-37-58-51(38-44)48-22-10-12-27-56(48)66(58)42-17-3-2-4-18-42)60-39-55-62(49-23-8-7-20-46(49)60)61-45-19-6-5-16-41(45)32-36-53(61)64(55)52-25-11-14-29-59(52)67-57-28-13-9-21-47(57)50-24-15-26-54(64)63(50)67/h2-39H,1H3. The second-order valence-electron chi connectivity index (χ2n) is 18.5. The lowest BCUT2D eigenvalue weighted by atomic mass is 9.65. The van der Waals surface area contributed by atoms with Crippen LogP contribution in [0.4, 0.5) is 17.1 Å². The summed E-state index contributed by atoms with van der Waals surface area (Å²) in [6, 6.07) is 86.5. The second-order valence-corrected chi connectivity index (χ2v) is 18.5. The van der Waals surface area contributed by atoms with Crippen LogP contribution in [0.5, 0.6) is 0 Å². The molecule has 3 heterocycles. The Labute approximate surface area is 387 Å². The van der Waals surface area contributed by atoms with E-state index in [2.05, 4.69) is 251 Å². The predicted octanol–water partition coefficient (Wildman–Crippen LogP) is 16.6. The van der Waals surface area contributed by atoms with Crippen molar-refractivity contribution in [1.29, 1.82) is 0 Å². The maximum absolute atomic E-state index is 2.58. The maximum Gasteiger partial charge on any atom is 0.0755 e. The van der Waals surface area contributed by atoms with Crippen molar-refractivity contribution in [2.75, 3.05) is 4.90 Å². The normalized spacial score (nSPS) is 14.7. The van der Waals surface area contributed by atoms with Crippen molar-refractivity contribution in [3.8, 4) is 22.5 Å². The third-order valence-corrected chi connectivity index (χ3v) is 15.1. The molecule has 2 aliphatic rings. The average Bonchev–Trinajstić information content (AvgIpc) is 4.01. The van der Waals surface area contributed by atoms with Crippen LogP contribution in [0, 0.1) is 6.92 Å². The molecule has 1 unspecified atom stereocenters. The minimum Gasteiger partial charge on any atom is -0.310 e. The van der Waals surface area contributed by atoms with E-state index in [0.717, 1.165) is 22.7 Å². The van der Waals surface area contributed by atoms with E-state index in [1.54, 1.807) is 0 Å². The smallest absolute Gasteiger partial charge is 0.0755 e. The Balaban J connectivity index is 1.10. The average molecular weight is 852 g/mol. The first kappa shape index (κ1) is 36.7. The lowest BCUT2D eigenvalue weighted by Crippen LogP contribution is -2.33. The number of aromatic nitrogens is 2. The topological polar surface area (TPSA) is 13.1 Å². The molecule has 1 aliphatic heterocycles. The molecule has 2 aromatic heterocycles. The van der Waals surface area contributed by atoms with Crippen molar-refractivity contribution in [1.82, 2.24) is 9.13 Å². The van der Waals surface area contributed by atoms with Gasteiger partial charge in [-0.15, -0.1) is 0 Å². The van der Waals surface area contributed by atoms with E-state index in [4.69, 9.17) is 0 Å². The second kappa shape index (κ2) is 13.4. The van der Waals surface area contributed by atoms with Crippen LogP contribution < -0.4 is 4.90 Å². The first-order valence-corrected chi connectivity index (χ1v) is 23.4. The molecular weight excluding hydrogens is 811 g/mol. The Morgan fingerprint density at radius 3 is 1.78 bits per heavy atom. The van der Waals surface area contributed by atoms with Crippen LogP contribution in [0.1, 0.15) is 27.8 Å². The first-order valence-electron chi connectivity index (χ1n) is 23.4. The van der Waals surface area contributed by atoms with Gasteiger partial charge in [-0.25, -0.2) is 0 Å². The zero-order valence-electron chi connectivity index (χ0n) is 36.8. The monoisotopic (exact) mass is 851 g/mol. The van der Waals surface area contributed by atoms with Crippen LogP contribution in [0.15, 0.2) is 231 Å². The molecule has 0 N–H and O–H groups in total. The highest BCUT2D eigenvalue weighted by Gasteiger charge is 2.52. The number of anilines is 3. The minimum atomic E-state index is -0.639.